The van der Waals surface area contributed by atoms with Crippen molar-refractivity contribution in [3.8, 4) is 0 Å². The molecule has 3 rings (SSSR count). The molecule has 4 unspecified atom stereocenters. The summed E-state index contributed by atoms with van der Waals surface area (Å²) in [5.41, 5.74) is 1.51. The molecule has 0 bridgehead atoms. The Labute approximate surface area is 123 Å². The fourth-order valence-corrected chi connectivity index (χ4v) is 3.59. The summed E-state index contributed by atoms with van der Waals surface area (Å²) in [4.78, 5) is 0. The summed E-state index contributed by atoms with van der Waals surface area (Å²) in [7, 11) is 0. The van der Waals surface area contributed by atoms with Crippen molar-refractivity contribution in [3.05, 3.63) is 35.9 Å². The van der Waals surface area contributed by atoms with Crippen LogP contribution in [0.25, 0.3) is 0 Å². The highest BCUT2D eigenvalue weighted by Crippen LogP contribution is 2.40. The average Bonchev–Trinajstić information content (AvgIpc) is 3.28. The fraction of sp³-hybridized carbons (Fsp3) is 0.667. The lowest BCUT2D eigenvalue weighted by Gasteiger charge is -2.28. The van der Waals surface area contributed by atoms with Gasteiger partial charge in [0.2, 0.25) is 0 Å². The molecule has 0 radical (unpaired) electrons. The van der Waals surface area contributed by atoms with Gasteiger partial charge in [0.05, 0.1) is 0 Å². The second-order valence-electron chi connectivity index (χ2n) is 6.69. The van der Waals surface area contributed by atoms with Gasteiger partial charge in [0, 0.05) is 12.0 Å². The summed E-state index contributed by atoms with van der Waals surface area (Å²) < 4.78 is 0. The molecule has 1 aromatic rings. The Hall–Kier alpha value is -0.860. The van der Waals surface area contributed by atoms with Crippen LogP contribution in [0.2, 0.25) is 0 Å². The van der Waals surface area contributed by atoms with E-state index in [2.05, 4.69) is 47.9 Å². The van der Waals surface area contributed by atoms with E-state index in [0.717, 1.165) is 23.8 Å². The normalized spacial score (nSPS) is 30.9. The van der Waals surface area contributed by atoms with Crippen molar-refractivity contribution in [1.29, 1.82) is 0 Å². The van der Waals surface area contributed by atoms with Crippen LogP contribution in [0.3, 0.4) is 0 Å². The summed E-state index contributed by atoms with van der Waals surface area (Å²) >= 11 is 0. The van der Waals surface area contributed by atoms with Gasteiger partial charge in [-0.2, -0.15) is 0 Å². The van der Waals surface area contributed by atoms with Crippen LogP contribution in [0.15, 0.2) is 30.3 Å². The van der Waals surface area contributed by atoms with Gasteiger partial charge >= 0.3 is 0 Å². The van der Waals surface area contributed by atoms with Gasteiger partial charge in [0.1, 0.15) is 0 Å². The molecule has 2 heteroatoms. The van der Waals surface area contributed by atoms with Gasteiger partial charge in [0.15, 0.2) is 0 Å². The maximum atomic E-state index is 3.75. The molecule has 1 saturated heterocycles. The zero-order chi connectivity index (χ0) is 13.8. The molecule has 2 fully saturated rings. The van der Waals surface area contributed by atoms with E-state index < -0.39 is 0 Å². The molecule has 1 saturated carbocycles. The van der Waals surface area contributed by atoms with Crippen molar-refractivity contribution in [2.45, 2.75) is 44.6 Å². The van der Waals surface area contributed by atoms with E-state index in [1.54, 1.807) is 0 Å². The highest BCUT2D eigenvalue weighted by atomic mass is 15.0. The summed E-state index contributed by atoms with van der Waals surface area (Å²) in [6, 6.07) is 11.7. The quantitative estimate of drug-likeness (QED) is 0.831. The Morgan fingerprint density at radius 3 is 2.90 bits per heavy atom. The van der Waals surface area contributed by atoms with Gasteiger partial charge in [-0.1, -0.05) is 37.3 Å². The number of nitrogens with one attached hydrogen (secondary N) is 2. The van der Waals surface area contributed by atoms with E-state index >= 15 is 0 Å². The Morgan fingerprint density at radius 1 is 1.30 bits per heavy atom. The van der Waals surface area contributed by atoms with Crippen molar-refractivity contribution < 1.29 is 0 Å². The molecular formula is C18H28N2. The molecule has 2 nitrogen and oxygen atoms in total. The molecule has 0 amide bonds. The first kappa shape index (κ1) is 14.1. The van der Waals surface area contributed by atoms with Crippen molar-refractivity contribution in [2.75, 3.05) is 19.6 Å². The van der Waals surface area contributed by atoms with Gasteiger partial charge in [-0.15, -0.1) is 0 Å². The standard InChI is InChI=1S/C18H28N2/c1-14(16-8-5-10-19-13-16)9-11-20-18-12-17(18)15-6-3-2-4-7-15/h2-4,6-7,14,16-20H,5,8-13H2,1H3. The molecule has 1 aliphatic carbocycles. The second-order valence-corrected chi connectivity index (χ2v) is 6.69. The minimum absolute atomic E-state index is 0.731. The molecule has 2 N–H and O–H groups in total. The smallest absolute Gasteiger partial charge is 0.0143 e. The van der Waals surface area contributed by atoms with Gasteiger partial charge in [0.25, 0.3) is 0 Å². The van der Waals surface area contributed by atoms with Crippen LogP contribution in [-0.2, 0) is 0 Å². The third kappa shape index (κ3) is 3.62. The monoisotopic (exact) mass is 272 g/mol. The van der Waals surface area contributed by atoms with Crippen molar-refractivity contribution in [1.82, 2.24) is 10.6 Å². The summed E-state index contributed by atoms with van der Waals surface area (Å²) in [5.74, 6) is 2.52. The lowest BCUT2D eigenvalue weighted by molar-refractivity contribution is 0.266. The largest absolute Gasteiger partial charge is 0.316 e. The van der Waals surface area contributed by atoms with Crippen LogP contribution in [0.1, 0.15) is 44.1 Å². The Kier molecular flexibility index (Phi) is 4.74. The van der Waals surface area contributed by atoms with Crippen LogP contribution in [0, 0.1) is 11.8 Å². The third-order valence-corrected chi connectivity index (χ3v) is 5.16. The van der Waals surface area contributed by atoms with Crippen LogP contribution in [0.4, 0.5) is 0 Å². The lowest BCUT2D eigenvalue weighted by atomic mass is 9.85. The fourth-order valence-electron chi connectivity index (χ4n) is 3.59. The first-order chi connectivity index (χ1) is 9.84. The zero-order valence-corrected chi connectivity index (χ0v) is 12.6. The van der Waals surface area contributed by atoms with E-state index in [1.807, 2.05) is 0 Å². The first-order valence-corrected chi connectivity index (χ1v) is 8.33. The number of piperidine rings is 1. The predicted molar refractivity (Wildman–Crippen MR) is 85.0 cm³/mol. The first-order valence-electron chi connectivity index (χ1n) is 8.33. The molecular weight excluding hydrogens is 244 g/mol. The van der Waals surface area contributed by atoms with E-state index in [4.69, 9.17) is 0 Å². The Bertz CT molecular complexity index is 397. The minimum Gasteiger partial charge on any atom is -0.316 e. The second kappa shape index (κ2) is 6.73. The van der Waals surface area contributed by atoms with Crippen molar-refractivity contribution in [2.24, 2.45) is 11.8 Å². The van der Waals surface area contributed by atoms with Gasteiger partial charge < -0.3 is 10.6 Å². The number of hydrogen-bond donors (Lipinski definition) is 2. The SMILES string of the molecule is CC(CCNC1CC1c1ccccc1)C1CCCNC1. The molecule has 0 aromatic heterocycles. The number of benzene rings is 1. The van der Waals surface area contributed by atoms with E-state index in [0.29, 0.717) is 0 Å². The molecule has 2 aliphatic rings. The maximum Gasteiger partial charge on any atom is 0.0143 e. The van der Waals surface area contributed by atoms with Gasteiger partial charge in [-0.25, -0.2) is 0 Å². The maximum absolute atomic E-state index is 3.75. The summed E-state index contributed by atoms with van der Waals surface area (Å²) in [6.07, 6.45) is 5.43. The van der Waals surface area contributed by atoms with Crippen LogP contribution in [0.5, 0.6) is 0 Å². The number of rotatable bonds is 6. The molecule has 4 atom stereocenters. The van der Waals surface area contributed by atoms with Gasteiger partial charge in [-0.3, -0.25) is 0 Å². The van der Waals surface area contributed by atoms with Crippen LogP contribution >= 0.6 is 0 Å². The van der Waals surface area contributed by atoms with Crippen molar-refractivity contribution in [3.63, 3.8) is 0 Å². The molecule has 1 aromatic carbocycles. The Balaban J connectivity index is 1.35. The molecule has 1 heterocycles. The van der Waals surface area contributed by atoms with E-state index in [9.17, 15) is 0 Å². The molecule has 110 valence electrons. The Morgan fingerprint density at radius 2 is 2.15 bits per heavy atom. The summed E-state index contributed by atoms with van der Waals surface area (Å²) in [6.45, 7) is 6.08. The van der Waals surface area contributed by atoms with Gasteiger partial charge in [-0.05, 0) is 62.7 Å². The van der Waals surface area contributed by atoms with Crippen molar-refractivity contribution >= 4 is 0 Å². The predicted octanol–water partition coefficient (Wildman–Crippen LogP) is 3.16. The highest BCUT2D eigenvalue weighted by Gasteiger charge is 2.37. The molecule has 20 heavy (non-hydrogen) atoms. The molecule has 0 spiro atoms. The minimum atomic E-state index is 0.731. The van der Waals surface area contributed by atoms with Crippen LogP contribution < -0.4 is 10.6 Å². The zero-order valence-electron chi connectivity index (χ0n) is 12.6. The lowest BCUT2D eigenvalue weighted by Crippen LogP contribution is -2.34. The average molecular weight is 272 g/mol. The third-order valence-electron chi connectivity index (χ3n) is 5.16. The topological polar surface area (TPSA) is 24.1 Å². The van der Waals surface area contributed by atoms with E-state index in [1.165, 1.54) is 50.9 Å². The van der Waals surface area contributed by atoms with E-state index in [-0.39, 0.29) is 0 Å². The highest BCUT2D eigenvalue weighted by molar-refractivity contribution is 5.27. The van der Waals surface area contributed by atoms with Crippen LogP contribution in [-0.4, -0.2) is 25.7 Å². The summed E-state index contributed by atoms with van der Waals surface area (Å²) in [5, 5.41) is 7.29. The molecule has 1 aliphatic heterocycles. The number of hydrogen-bond acceptors (Lipinski definition) is 2.